The van der Waals surface area contributed by atoms with E-state index < -0.39 is 16.1 Å². The molecule has 1 aromatic rings. The summed E-state index contributed by atoms with van der Waals surface area (Å²) in [6.45, 7) is 1.76. The van der Waals surface area contributed by atoms with Crippen molar-refractivity contribution in [2.24, 2.45) is 0 Å². The molecule has 0 aliphatic carbocycles. The molecule has 0 radical (unpaired) electrons. The Kier molecular flexibility index (Phi) is 5.20. The van der Waals surface area contributed by atoms with Crippen molar-refractivity contribution in [3.63, 3.8) is 0 Å². The molecule has 1 amide bonds. The predicted molar refractivity (Wildman–Crippen MR) is 76.9 cm³/mol. The van der Waals surface area contributed by atoms with Crippen LogP contribution in [0.15, 0.2) is 24.3 Å². The van der Waals surface area contributed by atoms with Gasteiger partial charge in [-0.15, -0.1) is 0 Å². The molecule has 19 heavy (non-hydrogen) atoms. The molecule has 1 atom stereocenters. The lowest BCUT2D eigenvalue weighted by Crippen LogP contribution is -2.48. The van der Waals surface area contributed by atoms with Crippen molar-refractivity contribution in [1.29, 1.82) is 0 Å². The number of halogens is 1. The Morgan fingerprint density at radius 1 is 1.37 bits per heavy atom. The zero-order valence-electron chi connectivity index (χ0n) is 11.1. The number of benzene rings is 1. The molecule has 0 saturated heterocycles. The van der Waals surface area contributed by atoms with Crippen LogP contribution in [0.5, 0.6) is 0 Å². The number of nitrogens with one attached hydrogen (secondary N) is 1. The molecule has 0 unspecified atom stereocenters. The molecular formula is C12H17ClN2O3S. The minimum absolute atomic E-state index is 0.345. The summed E-state index contributed by atoms with van der Waals surface area (Å²) < 4.78 is 25.0. The molecule has 0 saturated carbocycles. The van der Waals surface area contributed by atoms with Gasteiger partial charge in [0, 0.05) is 12.1 Å². The van der Waals surface area contributed by atoms with Crippen LogP contribution in [0.2, 0.25) is 5.02 Å². The summed E-state index contributed by atoms with van der Waals surface area (Å²) in [6, 6.07) is 5.56. The average Bonchev–Trinajstić information content (AvgIpc) is 2.35. The lowest BCUT2D eigenvalue weighted by molar-refractivity contribution is -0.121. The summed E-state index contributed by atoms with van der Waals surface area (Å²) in [6.07, 6.45) is 1.45. The number of carbonyl (C=O) groups is 1. The van der Waals surface area contributed by atoms with E-state index in [0.717, 1.165) is 10.6 Å². The van der Waals surface area contributed by atoms with Crippen molar-refractivity contribution in [3.8, 4) is 0 Å². The maximum atomic E-state index is 12.0. The lowest BCUT2D eigenvalue weighted by atomic mass is 10.2. The number of anilines is 1. The van der Waals surface area contributed by atoms with E-state index in [9.17, 15) is 13.2 Å². The van der Waals surface area contributed by atoms with E-state index in [1.54, 1.807) is 31.2 Å². The van der Waals surface area contributed by atoms with Crippen LogP contribution in [0.4, 0.5) is 5.69 Å². The molecule has 0 heterocycles. The van der Waals surface area contributed by atoms with Gasteiger partial charge in [0.15, 0.2) is 0 Å². The molecule has 0 aromatic heterocycles. The molecule has 106 valence electrons. The topological polar surface area (TPSA) is 66.5 Å². The van der Waals surface area contributed by atoms with Crippen LogP contribution >= 0.6 is 11.6 Å². The summed E-state index contributed by atoms with van der Waals surface area (Å²) in [4.78, 5) is 11.8. The third kappa shape index (κ3) is 3.84. The minimum atomic E-state index is -3.57. The second-order valence-electron chi connectivity index (χ2n) is 4.07. The largest absolute Gasteiger partial charge is 0.357 e. The van der Waals surface area contributed by atoms with Crippen LogP contribution in [0, 0.1) is 0 Å². The van der Waals surface area contributed by atoms with Gasteiger partial charge in [-0.3, -0.25) is 9.10 Å². The number of sulfonamides is 1. The zero-order valence-corrected chi connectivity index (χ0v) is 12.6. The minimum Gasteiger partial charge on any atom is -0.357 e. The van der Waals surface area contributed by atoms with E-state index in [2.05, 4.69) is 5.32 Å². The molecule has 7 heteroatoms. The Hall–Kier alpha value is -1.27. The van der Waals surface area contributed by atoms with Gasteiger partial charge in [0.25, 0.3) is 0 Å². The van der Waals surface area contributed by atoms with Crippen LogP contribution in [0.25, 0.3) is 0 Å². The fourth-order valence-electron chi connectivity index (χ4n) is 1.81. The van der Waals surface area contributed by atoms with Gasteiger partial charge < -0.3 is 5.32 Å². The van der Waals surface area contributed by atoms with E-state index >= 15 is 0 Å². The summed E-state index contributed by atoms with van der Waals surface area (Å²) in [7, 11) is -2.09. The zero-order chi connectivity index (χ0) is 14.6. The van der Waals surface area contributed by atoms with Crippen LogP contribution in [0.3, 0.4) is 0 Å². The first-order valence-electron chi connectivity index (χ1n) is 5.77. The highest BCUT2D eigenvalue weighted by Crippen LogP contribution is 2.24. The molecule has 1 rings (SSSR count). The summed E-state index contributed by atoms with van der Waals surface area (Å²) in [5.41, 5.74) is 0.419. The molecule has 1 N–H and O–H groups in total. The number of amides is 1. The quantitative estimate of drug-likeness (QED) is 0.899. The van der Waals surface area contributed by atoms with Gasteiger partial charge in [0.1, 0.15) is 6.04 Å². The molecule has 0 bridgehead atoms. The normalized spacial score (nSPS) is 12.8. The third-order valence-electron chi connectivity index (χ3n) is 2.66. The van der Waals surface area contributed by atoms with Crippen molar-refractivity contribution >= 4 is 33.2 Å². The Labute approximate surface area is 118 Å². The first kappa shape index (κ1) is 15.8. The van der Waals surface area contributed by atoms with Crippen LogP contribution in [-0.4, -0.2) is 33.7 Å². The molecule has 0 aliphatic heterocycles. The summed E-state index contributed by atoms with van der Waals surface area (Å²) >= 11 is 5.79. The molecule has 1 aromatic carbocycles. The second-order valence-corrected chi connectivity index (χ2v) is 6.37. The van der Waals surface area contributed by atoms with Gasteiger partial charge in [-0.25, -0.2) is 8.42 Å². The van der Waals surface area contributed by atoms with E-state index in [1.807, 2.05) is 0 Å². The summed E-state index contributed by atoms with van der Waals surface area (Å²) in [5.74, 6) is -0.345. The predicted octanol–water partition coefficient (Wildman–Crippen LogP) is 1.63. The first-order valence-corrected chi connectivity index (χ1v) is 8.00. The first-order chi connectivity index (χ1) is 8.81. The highest BCUT2D eigenvalue weighted by molar-refractivity contribution is 7.92. The fraction of sp³-hybridized carbons (Fsp3) is 0.417. The Morgan fingerprint density at radius 3 is 2.26 bits per heavy atom. The van der Waals surface area contributed by atoms with Crippen molar-refractivity contribution in [2.75, 3.05) is 17.6 Å². The fourth-order valence-corrected chi connectivity index (χ4v) is 3.15. The molecular weight excluding hydrogens is 288 g/mol. The molecule has 0 fully saturated rings. The van der Waals surface area contributed by atoms with Crippen molar-refractivity contribution in [1.82, 2.24) is 5.32 Å². The standard InChI is InChI=1S/C12H17ClN2O3S/c1-4-11(12(16)14-2)15(19(3,17)18)10-7-5-9(13)6-8-10/h5-8,11H,4H2,1-3H3,(H,14,16)/t11-/m1/s1. The highest BCUT2D eigenvalue weighted by atomic mass is 35.5. The van der Waals surface area contributed by atoms with Gasteiger partial charge in [-0.05, 0) is 30.7 Å². The number of carbonyl (C=O) groups excluding carboxylic acids is 1. The maximum Gasteiger partial charge on any atom is 0.243 e. The number of likely N-dealkylation sites (N-methyl/N-ethyl adjacent to an activating group) is 1. The second kappa shape index (κ2) is 6.25. The summed E-state index contributed by atoms with van der Waals surface area (Å²) in [5, 5.41) is 2.98. The van der Waals surface area contributed by atoms with Crippen molar-refractivity contribution in [2.45, 2.75) is 19.4 Å². The van der Waals surface area contributed by atoms with Gasteiger partial charge in [0.2, 0.25) is 15.9 Å². The highest BCUT2D eigenvalue weighted by Gasteiger charge is 2.30. The van der Waals surface area contributed by atoms with E-state index in [-0.39, 0.29) is 5.91 Å². The number of hydrogen-bond donors (Lipinski definition) is 1. The molecule has 5 nitrogen and oxygen atoms in total. The molecule has 0 aliphatic rings. The number of nitrogens with zero attached hydrogens (tertiary/aromatic N) is 1. The van der Waals surface area contributed by atoms with Crippen LogP contribution in [-0.2, 0) is 14.8 Å². The lowest BCUT2D eigenvalue weighted by Gasteiger charge is -2.29. The van der Waals surface area contributed by atoms with Gasteiger partial charge in [-0.2, -0.15) is 0 Å². The Morgan fingerprint density at radius 2 is 1.89 bits per heavy atom. The Balaban J connectivity index is 3.29. The SMILES string of the molecule is CC[C@H](C(=O)NC)N(c1ccc(Cl)cc1)S(C)(=O)=O. The van der Waals surface area contributed by atoms with E-state index in [4.69, 9.17) is 11.6 Å². The maximum absolute atomic E-state index is 12.0. The van der Waals surface area contributed by atoms with E-state index in [0.29, 0.717) is 17.1 Å². The van der Waals surface area contributed by atoms with Crippen molar-refractivity contribution in [3.05, 3.63) is 29.3 Å². The average molecular weight is 305 g/mol. The van der Waals surface area contributed by atoms with Gasteiger partial charge in [-0.1, -0.05) is 18.5 Å². The van der Waals surface area contributed by atoms with Gasteiger partial charge in [0.05, 0.1) is 11.9 Å². The Bertz CT molecular complexity index is 543. The smallest absolute Gasteiger partial charge is 0.243 e. The van der Waals surface area contributed by atoms with Crippen LogP contribution in [0.1, 0.15) is 13.3 Å². The van der Waals surface area contributed by atoms with Crippen LogP contribution < -0.4 is 9.62 Å². The number of hydrogen-bond acceptors (Lipinski definition) is 3. The molecule has 0 spiro atoms. The third-order valence-corrected chi connectivity index (χ3v) is 4.09. The monoisotopic (exact) mass is 304 g/mol. The van der Waals surface area contributed by atoms with Gasteiger partial charge >= 0.3 is 0 Å². The van der Waals surface area contributed by atoms with E-state index in [1.165, 1.54) is 7.05 Å². The number of rotatable bonds is 5. The van der Waals surface area contributed by atoms with Crippen molar-refractivity contribution < 1.29 is 13.2 Å².